The normalized spacial score (nSPS) is 15.7. The van der Waals surface area contributed by atoms with Crippen molar-refractivity contribution in [2.45, 2.75) is 25.5 Å². The van der Waals surface area contributed by atoms with Crippen LogP contribution in [0.3, 0.4) is 0 Å². The maximum absolute atomic E-state index is 13.5. The number of fused-ring (bicyclic) bond motifs is 1. The molecular weight excluding hydrogens is 405 g/mol. The molecule has 1 aromatic carbocycles. The number of anilines is 1. The van der Waals surface area contributed by atoms with Crippen molar-refractivity contribution < 1.29 is 42.3 Å². The predicted molar refractivity (Wildman–Crippen MR) is 101 cm³/mol. The van der Waals surface area contributed by atoms with E-state index in [9.17, 15) is 23.7 Å². The van der Waals surface area contributed by atoms with Gasteiger partial charge in [0, 0.05) is 0 Å². The number of esters is 2. The van der Waals surface area contributed by atoms with Gasteiger partial charge in [-0.1, -0.05) is 12.1 Å². The minimum atomic E-state index is -4.32. The lowest BCUT2D eigenvalue weighted by molar-refractivity contribution is -0.149. The second-order valence-electron chi connectivity index (χ2n) is 5.83. The van der Waals surface area contributed by atoms with Crippen molar-refractivity contribution >= 4 is 36.9 Å². The topological polar surface area (TPSA) is 126 Å². The molecule has 158 valence electrons. The second kappa shape index (κ2) is 9.30. The van der Waals surface area contributed by atoms with E-state index in [4.69, 9.17) is 18.5 Å². The van der Waals surface area contributed by atoms with Crippen molar-refractivity contribution in [3.8, 4) is 0 Å². The lowest BCUT2D eigenvalue weighted by Crippen LogP contribution is -2.55. The molecule has 0 spiro atoms. The number of benzene rings is 1. The van der Waals surface area contributed by atoms with Crippen molar-refractivity contribution in [3.05, 3.63) is 29.8 Å². The molecular formula is C18H22NO9P. The van der Waals surface area contributed by atoms with Gasteiger partial charge in [0.2, 0.25) is 0 Å². The molecule has 1 amide bonds. The van der Waals surface area contributed by atoms with Gasteiger partial charge in [0.15, 0.2) is 11.7 Å². The number of para-hydroxylation sites is 1. The Labute approximate surface area is 167 Å². The van der Waals surface area contributed by atoms with E-state index in [1.54, 1.807) is 12.1 Å². The van der Waals surface area contributed by atoms with E-state index in [0.717, 1.165) is 19.1 Å². The first kappa shape index (κ1) is 22.7. The Morgan fingerprint density at radius 1 is 1.00 bits per heavy atom. The van der Waals surface area contributed by atoms with Crippen LogP contribution in [0, 0.1) is 0 Å². The van der Waals surface area contributed by atoms with Crippen LogP contribution in [0.15, 0.2) is 24.3 Å². The second-order valence-corrected chi connectivity index (χ2v) is 7.99. The number of methoxy groups -OCH3 is 2. The zero-order valence-corrected chi connectivity index (χ0v) is 17.3. The highest BCUT2D eigenvalue weighted by atomic mass is 31.2. The Morgan fingerprint density at radius 2 is 1.55 bits per heavy atom. The highest BCUT2D eigenvalue weighted by molar-refractivity contribution is 7.56. The molecule has 2 atom stereocenters. The minimum absolute atomic E-state index is 0.0395. The van der Waals surface area contributed by atoms with E-state index in [0.29, 0.717) is 0 Å². The summed E-state index contributed by atoms with van der Waals surface area (Å²) in [5, 5.41) is 0. The summed E-state index contributed by atoms with van der Waals surface area (Å²) >= 11 is 0. The molecule has 29 heavy (non-hydrogen) atoms. The molecule has 0 saturated heterocycles. The van der Waals surface area contributed by atoms with Crippen LogP contribution in [0.2, 0.25) is 0 Å². The van der Waals surface area contributed by atoms with E-state index in [1.165, 1.54) is 26.0 Å². The van der Waals surface area contributed by atoms with Crippen molar-refractivity contribution in [1.29, 1.82) is 0 Å². The van der Waals surface area contributed by atoms with Crippen LogP contribution in [-0.2, 0) is 37.5 Å². The van der Waals surface area contributed by atoms with Crippen LogP contribution in [0.25, 0.3) is 0 Å². The van der Waals surface area contributed by atoms with E-state index < -0.39 is 42.9 Å². The number of nitrogens with zero attached hydrogens (tertiary/aromatic N) is 1. The molecule has 0 fully saturated rings. The molecule has 11 heteroatoms. The van der Waals surface area contributed by atoms with Crippen molar-refractivity contribution in [2.24, 2.45) is 0 Å². The fourth-order valence-corrected chi connectivity index (χ4v) is 5.17. The molecule has 2 unspecified atom stereocenters. The Morgan fingerprint density at radius 3 is 2.07 bits per heavy atom. The zero-order valence-electron chi connectivity index (χ0n) is 16.4. The van der Waals surface area contributed by atoms with Crippen molar-refractivity contribution in [1.82, 2.24) is 0 Å². The summed E-state index contributed by atoms with van der Waals surface area (Å²) in [4.78, 5) is 51.3. The average Bonchev–Trinajstić information content (AvgIpc) is 2.96. The number of hydrogen-bond donors (Lipinski definition) is 0. The van der Waals surface area contributed by atoms with Gasteiger partial charge in [0.1, 0.15) is 0 Å². The first-order valence-electron chi connectivity index (χ1n) is 8.78. The molecule has 1 aromatic rings. The summed E-state index contributed by atoms with van der Waals surface area (Å²) in [6.45, 7) is 2.82. The maximum Gasteiger partial charge on any atom is 0.347 e. The third kappa shape index (κ3) is 4.10. The van der Waals surface area contributed by atoms with Crippen LogP contribution in [0.4, 0.5) is 5.69 Å². The fourth-order valence-electron chi connectivity index (χ4n) is 3.09. The van der Waals surface area contributed by atoms with Crippen LogP contribution in [0.5, 0.6) is 0 Å². The third-order valence-corrected chi connectivity index (χ3v) is 6.65. The van der Waals surface area contributed by atoms with Crippen LogP contribution in [0.1, 0.15) is 24.2 Å². The number of rotatable bonds is 9. The number of hydrogen-bond acceptors (Lipinski definition) is 9. The lowest BCUT2D eigenvalue weighted by Gasteiger charge is -2.34. The Hall–Kier alpha value is -2.55. The molecule has 1 aliphatic heterocycles. The lowest BCUT2D eigenvalue weighted by atomic mass is 10.1. The molecule has 0 bridgehead atoms. The van der Waals surface area contributed by atoms with E-state index in [1.807, 2.05) is 0 Å². The summed E-state index contributed by atoms with van der Waals surface area (Å²) in [7, 11) is -2.26. The molecule has 1 aliphatic rings. The van der Waals surface area contributed by atoms with Gasteiger partial charge in [0.25, 0.3) is 11.7 Å². The van der Waals surface area contributed by atoms with Gasteiger partial charge in [-0.2, -0.15) is 0 Å². The first-order chi connectivity index (χ1) is 13.8. The highest BCUT2D eigenvalue weighted by Gasteiger charge is 2.57. The van der Waals surface area contributed by atoms with Gasteiger partial charge in [-0.25, -0.2) is 4.79 Å². The monoisotopic (exact) mass is 427 g/mol. The predicted octanol–water partition coefficient (Wildman–Crippen LogP) is 1.57. The van der Waals surface area contributed by atoms with Gasteiger partial charge in [0.05, 0.1) is 38.7 Å². The molecule has 2 rings (SSSR count). The van der Waals surface area contributed by atoms with E-state index in [2.05, 4.69) is 0 Å². The third-order valence-electron chi connectivity index (χ3n) is 4.24. The molecule has 0 aliphatic carbocycles. The van der Waals surface area contributed by atoms with Crippen LogP contribution >= 0.6 is 7.60 Å². The van der Waals surface area contributed by atoms with Gasteiger partial charge < -0.3 is 18.5 Å². The molecule has 0 saturated carbocycles. The Bertz CT molecular complexity index is 859. The van der Waals surface area contributed by atoms with Crippen molar-refractivity contribution in [3.63, 3.8) is 0 Å². The van der Waals surface area contributed by atoms with Crippen molar-refractivity contribution in [2.75, 3.05) is 32.3 Å². The smallest absolute Gasteiger partial charge is 0.347 e. The average molecular weight is 427 g/mol. The first-order valence-corrected chi connectivity index (χ1v) is 10.4. The van der Waals surface area contributed by atoms with E-state index in [-0.39, 0.29) is 24.5 Å². The summed E-state index contributed by atoms with van der Waals surface area (Å²) in [5.74, 6) is -4.15. The standard InChI is InChI=1S/C18H22NO9P/c1-5-27-29(24,28-6-2)15(18(23)26-4)13(17(22)25-3)19-12-10-8-7-9-11(12)14(20)16(19)21/h7-10,13,15H,5-6H2,1-4H3. The molecule has 0 aromatic heterocycles. The SMILES string of the molecule is CCOP(=O)(OCC)C(C(=O)OC)C(C(=O)OC)N1C(=O)C(=O)c2ccccc21. The molecule has 10 nitrogen and oxygen atoms in total. The maximum atomic E-state index is 13.5. The number of Topliss-reactive ketones (excluding diaryl/α,β-unsaturated/α-hetero) is 1. The number of carbonyl (C=O) groups is 4. The number of ketones is 1. The molecule has 1 heterocycles. The largest absolute Gasteiger partial charge is 0.468 e. The van der Waals surface area contributed by atoms with Crippen LogP contribution < -0.4 is 4.90 Å². The molecule has 0 radical (unpaired) electrons. The van der Waals surface area contributed by atoms with E-state index >= 15 is 0 Å². The fraction of sp³-hybridized carbons (Fsp3) is 0.444. The zero-order chi connectivity index (χ0) is 21.8. The summed E-state index contributed by atoms with van der Waals surface area (Å²) in [6.07, 6.45) is 0. The summed E-state index contributed by atoms with van der Waals surface area (Å²) in [5.41, 5.74) is -1.76. The minimum Gasteiger partial charge on any atom is -0.468 e. The summed E-state index contributed by atoms with van der Waals surface area (Å²) in [6, 6.07) is 4.11. The number of carbonyl (C=O) groups excluding carboxylic acids is 4. The van der Waals surface area contributed by atoms with Gasteiger partial charge in [-0.3, -0.25) is 23.8 Å². The number of ether oxygens (including phenoxy) is 2. The van der Waals surface area contributed by atoms with Crippen LogP contribution in [-0.4, -0.2) is 62.8 Å². The van der Waals surface area contributed by atoms with Gasteiger partial charge >= 0.3 is 19.5 Å². The quantitative estimate of drug-likeness (QED) is 0.328. The van der Waals surface area contributed by atoms with Gasteiger partial charge in [-0.15, -0.1) is 0 Å². The van der Waals surface area contributed by atoms with Gasteiger partial charge in [-0.05, 0) is 26.0 Å². The highest BCUT2D eigenvalue weighted by Crippen LogP contribution is 2.56. The Kier molecular flexibility index (Phi) is 7.29. The Balaban J connectivity index is 2.72. The molecule has 0 N–H and O–H groups in total. The number of amides is 1. The summed E-state index contributed by atoms with van der Waals surface area (Å²) < 4.78 is 33.4.